The van der Waals surface area contributed by atoms with Crippen LogP contribution in [-0.2, 0) is 13.2 Å². The summed E-state index contributed by atoms with van der Waals surface area (Å²) < 4.78 is 24.3. The van der Waals surface area contributed by atoms with Gasteiger partial charge in [-0.15, -0.1) is 0 Å². The van der Waals surface area contributed by atoms with Crippen LogP contribution in [0.1, 0.15) is 11.1 Å². The fourth-order valence-electron chi connectivity index (χ4n) is 3.10. The van der Waals surface area contributed by atoms with Gasteiger partial charge in [0.15, 0.2) is 11.5 Å². The van der Waals surface area contributed by atoms with Crippen molar-refractivity contribution in [3.8, 4) is 11.5 Å². The summed E-state index contributed by atoms with van der Waals surface area (Å²) in [6, 6.07) is 15.3. The van der Waals surface area contributed by atoms with E-state index in [1.807, 2.05) is 24.3 Å². The van der Waals surface area contributed by atoms with Crippen molar-refractivity contribution in [3.05, 3.63) is 87.0 Å². The maximum absolute atomic E-state index is 13.0. The molecule has 0 aliphatic carbocycles. The summed E-state index contributed by atoms with van der Waals surface area (Å²) in [4.78, 5) is 16.8. The molecule has 1 heterocycles. The van der Waals surface area contributed by atoms with E-state index >= 15 is 0 Å². The third kappa shape index (κ3) is 4.41. The van der Waals surface area contributed by atoms with Crippen molar-refractivity contribution < 1.29 is 13.9 Å². The molecule has 0 saturated heterocycles. The minimum Gasteiger partial charge on any atom is -0.493 e. The zero-order valence-corrected chi connectivity index (χ0v) is 16.8. The molecule has 0 saturated carbocycles. The molecule has 4 aromatic rings. The number of imidazole rings is 1. The first-order valence-corrected chi connectivity index (χ1v) is 9.59. The number of nitrogens with one attached hydrogen (secondary N) is 3. The molecule has 1 aromatic heterocycles. The van der Waals surface area contributed by atoms with Crippen LogP contribution in [0.4, 0.5) is 10.1 Å². The van der Waals surface area contributed by atoms with Crippen LogP contribution in [0.3, 0.4) is 0 Å². The van der Waals surface area contributed by atoms with Crippen molar-refractivity contribution in [2.24, 2.45) is 0 Å². The number of halogens is 2. The van der Waals surface area contributed by atoms with Gasteiger partial charge in [0, 0.05) is 12.2 Å². The summed E-state index contributed by atoms with van der Waals surface area (Å²) in [5.41, 5.74) is 3.80. The van der Waals surface area contributed by atoms with E-state index in [2.05, 4.69) is 15.3 Å². The second kappa shape index (κ2) is 8.51. The van der Waals surface area contributed by atoms with Crippen molar-refractivity contribution in [2.45, 2.75) is 13.2 Å². The second-order valence-electron chi connectivity index (χ2n) is 6.72. The van der Waals surface area contributed by atoms with Crippen molar-refractivity contribution in [1.29, 1.82) is 0 Å². The lowest BCUT2D eigenvalue weighted by Gasteiger charge is -2.15. The maximum atomic E-state index is 13.0. The number of hydrogen-bond acceptors (Lipinski definition) is 4. The molecule has 0 spiro atoms. The van der Waals surface area contributed by atoms with E-state index in [0.29, 0.717) is 23.1 Å². The van der Waals surface area contributed by atoms with E-state index < -0.39 is 0 Å². The monoisotopic (exact) mass is 427 g/mol. The Balaban J connectivity index is 1.47. The molecule has 0 bridgehead atoms. The number of anilines is 1. The molecule has 30 heavy (non-hydrogen) atoms. The van der Waals surface area contributed by atoms with Gasteiger partial charge in [-0.1, -0.05) is 23.7 Å². The van der Waals surface area contributed by atoms with Crippen molar-refractivity contribution >= 4 is 28.3 Å². The molecule has 0 aliphatic heterocycles. The molecule has 8 heteroatoms. The van der Waals surface area contributed by atoms with Crippen molar-refractivity contribution in [2.75, 3.05) is 12.4 Å². The predicted octanol–water partition coefficient (Wildman–Crippen LogP) is 4.85. The Morgan fingerprint density at radius 3 is 2.53 bits per heavy atom. The van der Waals surface area contributed by atoms with Crippen LogP contribution in [0.2, 0.25) is 5.02 Å². The van der Waals surface area contributed by atoms with Gasteiger partial charge in [-0.05, 0) is 53.6 Å². The number of H-pyrrole nitrogens is 2. The zero-order chi connectivity index (χ0) is 21.1. The molecule has 154 valence electrons. The van der Waals surface area contributed by atoms with Gasteiger partial charge in [-0.3, -0.25) is 0 Å². The lowest BCUT2D eigenvalue weighted by atomic mass is 10.2. The van der Waals surface area contributed by atoms with Gasteiger partial charge in [-0.2, -0.15) is 0 Å². The maximum Gasteiger partial charge on any atom is 0.323 e. The van der Waals surface area contributed by atoms with E-state index in [-0.39, 0.29) is 18.1 Å². The Kier molecular flexibility index (Phi) is 5.63. The van der Waals surface area contributed by atoms with Crippen LogP contribution in [0, 0.1) is 5.82 Å². The Bertz CT molecular complexity index is 1230. The molecule has 0 aliphatic rings. The van der Waals surface area contributed by atoms with Gasteiger partial charge in [-0.25, -0.2) is 9.18 Å². The van der Waals surface area contributed by atoms with Gasteiger partial charge in [0.05, 0.1) is 23.2 Å². The van der Waals surface area contributed by atoms with Gasteiger partial charge >= 0.3 is 5.69 Å². The number of fused-ring (bicyclic) bond motifs is 1. The first-order chi connectivity index (χ1) is 14.5. The average Bonchev–Trinajstić information content (AvgIpc) is 3.11. The van der Waals surface area contributed by atoms with E-state index in [0.717, 1.165) is 27.8 Å². The lowest BCUT2D eigenvalue weighted by Crippen LogP contribution is -2.03. The fourth-order valence-corrected chi connectivity index (χ4v) is 3.39. The first-order valence-electron chi connectivity index (χ1n) is 9.21. The third-order valence-corrected chi connectivity index (χ3v) is 4.88. The number of aromatic amines is 2. The minimum absolute atomic E-state index is 0.239. The predicted molar refractivity (Wildman–Crippen MR) is 115 cm³/mol. The third-order valence-electron chi connectivity index (χ3n) is 4.60. The summed E-state index contributed by atoms with van der Waals surface area (Å²) in [7, 11) is 1.55. The van der Waals surface area contributed by atoms with Crippen LogP contribution in [-0.4, -0.2) is 17.1 Å². The Morgan fingerprint density at radius 1 is 1.00 bits per heavy atom. The van der Waals surface area contributed by atoms with Crippen molar-refractivity contribution in [3.63, 3.8) is 0 Å². The van der Waals surface area contributed by atoms with E-state index in [4.69, 9.17) is 21.1 Å². The summed E-state index contributed by atoms with van der Waals surface area (Å²) >= 11 is 6.43. The molecular formula is C22H19ClFN3O3. The largest absolute Gasteiger partial charge is 0.493 e. The van der Waals surface area contributed by atoms with E-state index in [9.17, 15) is 9.18 Å². The second-order valence-corrected chi connectivity index (χ2v) is 7.12. The number of rotatable bonds is 7. The topological polar surface area (TPSA) is 79.1 Å². The Labute approximate surface area is 176 Å². The first kappa shape index (κ1) is 19.8. The Morgan fingerprint density at radius 2 is 1.77 bits per heavy atom. The van der Waals surface area contributed by atoms with Gasteiger partial charge in [0.25, 0.3) is 0 Å². The highest BCUT2D eigenvalue weighted by molar-refractivity contribution is 6.32. The van der Waals surface area contributed by atoms with Gasteiger partial charge < -0.3 is 24.8 Å². The number of benzene rings is 3. The van der Waals surface area contributed by atoms with Crippen LogP contribution < -0.4 is 20.5 Å². The lowest BCUT2D eigenvalue weighted by molar-refractivity contribution is 0.284. The summed E-state index contributed by atoms with van der Waals surface area (Å²) in [6.45, 7) is 0.733. The zero-order valence-electron chi connectivity index (χ0n) is 16.1. The fraction of sp³-hybridized carbons (Fsp3) is 0.136. The van der Waals surface area contributed by atoms with Gasteiger partial charge in [0.2, 0.25) is 0 Å². The van der Waals surface area contributed by atoms with Crippen LogP contribution in [0.15, 0.2) is 59.4 Å². The minimum atomic E-state index is -0.298. The average molecular weight is 428 g/mol. The summed E-state index contributed by atoms with van der Waals surface area (Å²) in [5.74, 6) is 0.638. The highest BCUT2D eigenvalue weighted by Gasteiger charge is 2.13. The molecule has 0 unspecified atom stereocenters. The highest BCUT2D eigenvalue weighted by atomic mass is 35.5. The van der Waals surface area contributed by atoms with E-state index in [1.54, 1.807) is 25.3 Å². The van der Waals surface area contributed by atoms with Crippen molar-refractivity contribution in [1.82, 2.24) is 9.97 Å². The standard InChI is InChI=1S/C22H19ClFN3O3/c1-29-20-9-14(11-25-16-6-7-18-19(10-16)27-22(28)26-18)8-17(23)21(20)30-12-13-2-4-15(24)5-3-13/h2-10,25H,11-12H2,1H3,(H2,26,27,28). The quantitative estimate of drug-likeness (QED) is 0.394. The molecule has 0 fully saturated rings. The highest BCUT2D eigenvalue weighted by Crippen LogP contribution is 2.37. The number of aromatic nitrogens is 2. The normalized spacial score (nSPS) is 10.9. The van der Waals surface area contributed by atoms with E-state index in [1.165, 1.54) is 12.1 Å². The van der Waals surface area contributed by atoms with Gasteiger partial charge in [0.1, 0.15) is 12.4 Å². The number of ether oxygens (including phenoxy) is 2. The van der Waals surface area contributed by atoms with Crippen LogP contribution in [0.25, 0.3) is 11.0 Å². The summed E-state index contributed by atoms with van der Waals surface area (Å²) in [5, 5.41) is 3.71. The molecule has 0 atom stereocenters. The molecule has 6 nitrogen and oxygen atoms in total. The molecule has 3 aromatic carbocycles. The number of hydrogen-bond donors (Lipinski definition) is 3. The molecule has 3 N–H and O–H groups in total. The molecule has 4 rings (SSSR count). The Hall–Kier alpha value is -3.45. The molecule has 0 amide bonds. The SMILES string of the molecule is COc1cc(CNc2ccc3[nH]c(=O)[nH]c3c2)cc(Cl)c1OCc1ccc(F)cc1. The van der Waals surface area contributed by atoms with Crippen LogP contribution >= 0.6 is 11.6 Å². The number of methoxy groups -OCH3 is 1. The molecule has 0 radical (unpaired) electrons. The molecular weight excluding hydrogens is 409 g/mol. The summed E-state index contributed by atoms with van der Waals surface area (Å²) in [6.07, 6.45) is 0. The smallest absolute Gasteiger partial charge is 0.323 e. The van der Waals surface area contributed by atoms with Crippen LogP contribution in [0.5, 0.6) is 11.5 Å².